The van der Waals surface area contributed by atoms with E-state index in [1.807, 2.05) is 6.92 Å². The van der Waals surface area contributed by atoms with Crippen LogP contribution in [0.15, 0.2) is 24.3 Å². The summed E-state index contributed by atoms with van der Waals surface area (Å²) in [6, 6.07) is 8.26. The molecule has 1 aromatic carbocycles. The number of nitrogens with one attached hydrogen (secondary N) is 1. The maximum Gasteiger partial charge on any atom is 0.278 e. The lowest BCUT2D eigenvalue weighted by Crippen LogP contribution is -2.40. The van der Waals surface area contributed by atoms with Crippen LogP contribution in [-0.2, 0) is 14.9 Å². The monoisotopic (exact) mass is 312 g/mol. The van der Waals surface area contributed by atoms with Crippen LogP contribution in [0.25, 0.3) is 0 Å². The van der Waals surface area contributed by atoms with Crippen LogP contribution in [0.3, 0.4) is 0 Å². The van der Waals surface area contributed by atoms with E-state index in [1.165, 1.54) is 24.0 Å². The molecule has 0 unspecified atom stereocenters. The molecule has 0 aliphatic carbocycles. The van der Waals surface area contributed by atoms with E-state index in [-0.39, 0.29) is 12.0 Å². The number of hydrogen-bond acceptors (Lipinski definition) is 3. The maximum atomic E-state index is 11.8. The Morgan fingerprint density at radius 2 is 1.95 bits per heavy atom. The van der Waals surface area contributed by atoms with Crippen LogP contribution in [0.2, 0.25) is 0 Å². The van der Waals surface area contributed by atoms with Gasteiger partial charge >= 0.3 is 0 Å². The first kappa shape index (κ1) is 16.4. The highest BCUT2D eigenvalue weighted by molar-refractivity contribution is 7.87. The molecule has 1 aliphatic rings. The first-order valence-corrected chi connectivity index (χ1v) is 8.69. The minimum Gasteiger partial charge on any atom is -0.373 e. The van der Waals surface area contributed by atoms with E-state index in [0.29, 0.717) is 6.54 Å². The summed E-state index contributed by atoms with van der Waals surface area (Å²) >= 11 is 0. The highest BCUT2D eigenvalue weighted by Crippen LogP contribution is 2.33. The summed E-state index contributed by atoms with van der Waals surface area (Å²) < 4.78 is 33.4. The van der Waals surface area contributed by atoms with Crippen LogP contribution >= 0.6 is 0 Å². The minimum atomic E-state index is -3.38. The first-order chi connectivity index (χ1) is 9.90. The Morgan fingerprint density at radius 1 is 1.29 bits per heavy atom. The van der Waals surface area contributed by atoms with Gasteiger partial charge in [0.1, 0.15) is 0 Å². The lowest BCUT2D eigenvalue weighted by atomic mass is 9.89. The molecule has 2 atom stereocenters. The van der Waals surface area contributed by atoms with Crippen molar-refractivity contribution in [1.82, 2.24) is 9.03 Å². The van der Waals surface area contributed by atoms with Crippen LogP contribution in [0.4, 0.5) is 0 Å². The van der Waals surface area contributed by atoms with Gasteiger partial charge in [-0.1, -0.05) is 29.8 Å². The molecule has 2 rings (SSSR count). The number of aryl methyl sites for hydroxylation is 1. The number of benzene rings is 1. The molecule has 0 aromatic heterocycles. The Kier molecular flexibility index (Phi) is 5.37. The van der Waals surface area contributed by atoms with Gasteiger partial charge in [0, 0.05) is 33.2 Å². The van der Waals surface area contributed by atoms with Crippen molar-refractivity contribution in [3.05, 3.63) is 35.4 Å². The Balaban J connectivity index is 2.07. The van der Waals surface area contributed by atoms with Gasteiger partial charge < -0.3 is 4.74 Å². The van der Waals surface area contributed by atoms with Gasteiger partial charge in [-0.05, 0) is 25.3 Å². The zero-order valence-electron chi connectivity index (χ0n) is 12.9. The van der Waals surface area contributed by atoms with Crippen molar-refractivity contribution in [2.75, 3.05) is 27.2 Å². The third-order valence-corrected chi connectivity index (χ3v) is 5.35. The van der Waals surface area contributed by atoms with Gasteiger partial charge in [-0.3, -0.25) is 0 Å². The Morgan fingerprint density at radius 3 is 2.57 bits per heavy atom. The zero-order chi connectivity index (χ0) is 15.5. The highest BCUT2D eigenvalue weighted by atomic mass is 32.2. The molecular formula is C15H24N2O3S. The van der Waals surface area contributed by atoms with Gasteiger partial charge in [-0.15, -0.1) is 0 Å². The highest BCUT2D eigenvalue weighted by Gasteiger charge is 2.28. The largest absolute Gasteiger partial charge is 0.373 e. The van der Waals surface area contributed by atoms with E-state index in [0.717, 1.165) is 25.0 Å². The van der Waals surface area contributed by atoms with E-state index < -0.39 is 10.2 Å². The van der Waals surface area contributed by atoms with E-state index in [4.69, 9.17) is 4.74 Å². The van der Waals surface area contributed by atoms with Gasteiger partial charge in [0.2, 0.25) is 0 Å². The molecule has 21 heavy (non-hydrogen) atoms. The van der Waals surface area contributed by atoms with Crippen LogP contribution in [0.1, 0.15) is 30.1 Å². The van der Waals surface area contributed by atoms with Gasteiger partial charge in [0.05, 0.1) is 6.10 Å². The predicted octanol–water partition coefficient (Wildman–Crippen LogP) is 1.86. The number of ether oxygens (including phenoxy) is 1. The molecule has 0 amide bonds. The molecule has 0 radical (unpaired) electrons. The van der Waals surface area contributed by atoms with Crippen LogP contribution in [0.5, 0.6) is 0 Å². The Bertz CT molecular complexity index is 555. The zero-order valence-corrected chi connectivity index (χ0v) is 13.7. The third-order valence-electron chi connectivity index (χ3n) is 3.86. The van der Waals surface area contributed by atoms with E-state index in [9.17, 15) is 8.42 Å². The number of nitrogens with zero attached hydrogens (tertiary/aromatic N) is 1. The summed E-state index contributed by atoms with van der Waals surface area (Å²) in [6.07, 6.45) is 1.90. The minimum absolute atomic E-state index is 0.0378. The summed E-state index contributed by atoms with van der Waals surface area (Å²) in [6.45, 7) is 3.18. The van der Waals surface area contributed by atoms with E-state index >= 15 is 0 Å². The molecule has 0 spiro atoms. The lowest BCUT2D eigenvalue weighted by Gasteiger charge is -2.32. The molecule has 5 nitrogen and oxygen atoms in total. The molecule has 1 aliphatic heterocycles. The number of hydrogen-bond donors (Lipinski definition) is 1. The van der Waals surface area contributed by atoms with Gasteiger partial charge in [0.15, 0.2) is 0 Å². The Labute approximate surface area is 127 Å². The van der Waals surface area contributed by atoms with Crippen LogP contribution in [-0.4, -0.2) is 40.0 Å². The molecule has 6 heteroatoms. The van der Waals surface area contributed by atoms with Gasteiger partial charge in [0.25, 0.3) is 10.2 Å². The second kappa shape index (κ2) is 6.87. The molecule has 1 aromatic rings. The maximum absolute atomic E-state index is 11.8. The molecule has 1 N–H and O–H groups in total. The van der Waals surface area contributed by atoms with Crippen LogP contribution < -0.4 is 4.72 Å². The normalized spacial score (nSPS) is 23.4. The Hall–Kier alpha value is -0.950. The SMILES string of the molecule is Cc1ccc([C@H]2OCCC[C@@H]2CNS(=O)(=O)N(C)C)cc1. The fraction of sp³-hybridized carbons (Fsp3) is 0.600. The quantitative estimate of drug-likeness (QED) is 0.903. The van der Waals surface area contributed by atoms with Crippen LogP contribution in [0, 0.1) is 12.8 Å². The van der Waals surface area contributed by atoms with Crippen molar-refractivity contribution in [1.29, 1.82) is 0 Å². The topological polar surface area (TPSA) is 58.6 Å². The van der Waals surface area contributed by atoms with Crippen molar-refractivity contribution in [3.8, 4) is 0 Å². The average Bonchev–Trinajstić information content (AvgIpc) is 2.46. The fourth-order valence-electron chi connectivity index (χ4n) is 2.52. The summed E-state index contributed by atoms with van der Waals surface area (Å²) in [5.41, 5.74) is 2.33. The van der Waals surface area contributed by atoms with Gasteiger partial charge in [-0.25, -0.2) is 4.72 Å². The molecule has 0 bridgehead atoms. The summed E-state index contributed by atoms with van der Waals surface area (Å²) in [5, 5.41) is 0. The van der Waals surface area contributed by atoms with E-state index in [2.05, 4.69) is 29.0 Å². The number of rotatable bonds is 5. The molecule has 118 valence electrons. The van der Waals surface area contributed by atoms with Crippen molar-refractivity contribution >= 4 is 10.2 Å². The van der Waals surface area contributed by atoms with Crippen molar-refractivity contribution in [3.63, 3.8) is 0 Å². The first-order valence-electron chi connectivity index (χ1n) is 7.25. The fourth-order valence-corrected chi connectivity index (χ4v) is 3.20. The molecule has 0 saturated carbocycles. The van der Waals surface area contributed by atoms with Crippen molar-refractivity contribution < 1.29 is 13.2 Å². The van der Waals surface area contributed by atoms with Crippen molar-refractivity contribution in [2.45, 2.75) is 25.9 Å². The van der Waals surface area contributed by atoms with E-state index in [1.54, 1.807) is 0 Å². The lowest BCUT2D eigenvalue weighted by molar-refractivity contribution is -0.0263. The predicted molar refractivity (Wildman–Crippen MR) is 83.2 cm³/mol. The summed E-state index contributed by atoms with van der Waals surface area (Å²) in [7, 11) is -0.332. The smallest absolute Gasteiger partial charge is 0.278 e. The molecule has 1 saturated heterocycles. The second-order valence-electron chi connectivity index (χ2n) is 5.74. The molecule has 1 fully saturated rings. The second-order valence-corrected chi connectivity index (χ2v) is 7.71. The average molecular weight is 312 g/mol. The summed E-state index contributed by atoms with van der Waals surface area (Å²) in [4.78, 5) is 0. The van der Waals surface area contributed by atoms with Gasteiger partial charge in [-0.2, -0.15) is 12.7 Å². The third kappa shape index (κ3) is 4.26. The summed E-state index contributed by atoms with van der Waals surface area (Å²) in [5.74, 6) is 0.163. The standard InChI is InChI=1S/C15H24N2O3S/c1-12-6-8-13(9-7-12)15-14(5-4-10-20-15)11-16-21(18,19)17(2)3/h6-9,14-16H,4-5,10-11H2,1-3H3/t14-,15-/m1/s1. The molecular weight excluding hydrogens is 288 g/mol. The van der Waals surface area contributed by atoms with Crippen molar-refractivity contribution in [2.24, 2.45) is 5.92 Å². The molecule has 1 heterocycles.